The first-order valence-electron chi connectivity index (χ1n) is 9.06. The summed E-state index contributed by atoms with van der Waals surface area (Å²) < 4.78 is 5.57. The van der Waals surface area contributed by atoms with Crippen LogP contribution < -0.4 is 4.90 Å². The molecule has 0 spiro atoms. The standard InChI is InChI=1S/C19H29N3O2/c1-14-12-15(13-20-17(14)21-9-5-6-10-21)16-8-7-11-22(16)18(23)24-19(2,3)4/h12-13,16H,5-11H2,1-4H3/t16-/m0/s1. The minimum Gasteiger partial charge on any atom is -0.444 e. The Labute approximate surface area is 145 Å². The van der Waals surface area contributed by atoms with Gasteiger partial charge in [-0.2, -0.15) is 0 Å². The highest BCUT2D eigenvalue weighted by Gasteiger charge is 2.33. The summed E-state index contributed by atoms with van der Waals surface area (Å²) in [5, 5.41) is 0. The van der Waals surface area contributed by atoms with Crippen LogP contribution in [-0.2, 0) is 4.74 Å². The molecule has 0 aromatic carbocycles. The number of rotatable bonds is 2. The third-order valence-corrected chi connectivity index (χ3v) is 4.74. The number of ether oxygens (including phenoxy) is 1. The van der Waals surface area contributed by atoms with Crippen molar-refractivity contribution in [1.82, 2.24) is 9.88 Å². The molecule has 24 heavy (non-hydrogen) atoms. The van der Waals surface area contributed by atoms with E-state index in [9.17, 15) is 4.79 Å². The minimum absolute atomic E-state index is 0.0821. The lowest BCUT2D eigenvalue weighted by Gasteiger charge is -2.29. The number of aromatic nitrogens is 1. The van der Waals surface area contributed by atoms with Gasteiger partial charge < -0.3 is 14.5 Å². The fourth-order valence-electron chi connectivity index (χ4n) is 3.68. The summed E-state index contributed by atoms with van der Waals surface area (Å²) in [5.74, 6) is 1.10. The monoisotopic (exact) mass is 331 g/mol. The van der Waals surface area contributed by atoms with Crippen LogP contribution in [-0.4, -0.2) is 41.2 Å². The summed E-state index contributed by atoms with van der Waals surface area (Å²) in [6.45, 7) is 10.8. The van der Waals surface area contributed by atoms with E-state index in [1.807, 2.05) is 31.9 Å². The van der Waals surface area contributed by atoms with E-state index < -0.39 is 5.60 Å². The summed E-state index contributed by atoms with van der Waals surface area (Å²) in [6.07, 6.45) is 6.22. The predicted octanol–water partition coefficient (Wildman–Crippen LogP) is 4.06. The van der Waals surface area contributed by atoms with Crippen LogP contribution >= 0.6 is 0 Å². The van der Waals surface area contributed by atoms with Crippen LogP contribution in [0.1, 0.15) is 63.6 Å². The van der Waals surface area contributed by atoms with Gasteiger partial charge in [-0.05, 0) is 70.6 Å². The van der Waals surface area contributed by atoms with E-state index in [0.717, 1.165) is 43.9 Å². The lowest BCUT2D eigenvalue weighted by atomic mass is 10.0. The van der Waals surface area contributed by atoms with Crippen molar-refractivity contribution in [2.75, 3.05) is 24.5 Å². The summed E-state index contributed by atoms with van der Waals surface area (Å²) >= 11 is 0. The molecule has 1 aromatic heterocycles. The maximum Gasteiger partial charge on any atom is 0.410 e. The number of likely N-dealkylation sites (tertiary alicyclic amines) is 1. The molecule has 2 aliphatic rings. The average molecular weight is 331 g/mol. The number of nitrogens with zero attached hydrogens (tertiary/aromatic N) is 3. The smallest absolute Gasteiger partial charge is 0.410 e. The van der Waals surface area contributed by atoms with Crippen LogP contribution in [0.3, 0.4) is 0 Å². The van der Waals surface area contributed by atoms with Crippen LogP contribution in [0.15, 0.2) is 12.3 Å². The van der Waals surface area contributed by atoms with E-state index in [-0.39, 0.29) is 12.1 Å². The second-order valence-electron chi connectivity index (χ2n) is 7.94. The minimum atomic E-state index is -0.460. The van der Waals surface area contributed by atoms with E-state index in [0.29, 0.717) is 0 Å². The molecule has 3 heterocycles. The average Bonchev–Trinajstić information content (AvgIpc) is 3.17. The predicted molar refractivity (Wildman–Crippen MR) is 95.3 cm³/mol. The van der Waals surface area contributed by atoms with Crippen molar-refractivity contribution in [3.8, 4) is 0 Å². The molecule has 0 saturated carbocycles. The second-order valence-corrected chi connectivity index (χ2v) is 7.94. The quantitative estimate of drug-likeness (QED) is 0.820. The molecule has 1 amide bonds. The normalized spacial score (nSPS) is 21.4. The fourth-order valence-corrected chi connectivity index (χ4v) is 3.68. The number of carbonyl (C=O) groups is 1. The Morgan fingerprint density at radius 1 is 1.21 bits per heavy atom. The topological polar surface area (TPSA) is 45.7 Å². The van der Waals surface area contributed by atoms with Crippen molar-refractivity contribution in [1.29, 1.82) is 0 Å². The first kappa shape index (κ1) is 17.1. The van der Waals surface area contributed by atoms with Gasteiger partial charge in [-0.3, -0.25) is 0 Å². The maximum atomic E-state index is 12.5. The zero-order valence-electron chi connectivity index (χ0n) is 15.3. The van der Waals surface area contributed by atoms with Crippen molar-refractivity contribution >= 4 is 11.9 Å². The highest BCUT2D eigenvalue weighted by Crippen LogP contribution is 2.34. The van der Waals surface area contributed by atoms with Gasteiger partial charge in [0.25, 0.3) is 0 Å². The Morgan fingerprint density at radius 3 is 2.54 bits per heavy atom. The van der Waals surface area contributed by atoms with Gasteiger partial charge in [0.2, 0.25) is 0 Å². The zero-order valence-corrected chi connectivity index (χ0v) is 15.3. The Morgan fingerprint density at radius 2 is 1.92 bits per heavy atom. The first-order valence-corrected chi connectivity index (χ1v) is 9.06. The number of hydrogen-bond donors (Lipinski definition) is 0. The highest BCUT2D eigenvalue weighted by atomic mass is 16.6. The number of carbonyl (C=O) groups excluding carboxylic acids is 1. The van der Waals surface area contributed by atoms with Crippen LogP contribution in [0.5, 0.6) is 0 Å². The van der Waals surface area contributed by atoms with E-state index in [2.05, 4.69) is 17.9 Å². The van der Waals surface area contributed by atoms with Crippen LogP contribution in [0.25, 0.3) is 0 Å². The molecule has 5 nitrogen and oxygen atoms in total. The summed E-state index contributed by atoms with van der Waals surface area (Å²) in [5.41, 5.74) is 1.86. The number of aryl methyl sites for hydroxylation is 1. The number of amides is 1. The number of anilines is 1. The molecule has 0 unspecified atom stereocenters. The molecule has 5 heteroatoms. The molecule has 1 aromatic rings. The van der Waals surface area contributed by atoms with Crippen molar-refractivity contribution in [2.45, 2.75) is 65.0 Å². The van der Waals surface area contributed by atoms with Gasteiger partial charge >= 0.3 is 6.09 Å². The van der Waals surface area contributed by atoms with Crippen molar-refractivity contribution in [2.24, 2.45) is 0 Å². The zero-order chi connectivity index (χ0) is 17.3. The van der Waals surface area contributed by atoms with Gasteiger partial charge in [0.05, 0.1) is 6.04 Å². The van der Waals surface area contributed by atoms with E-state index in [1.165, 1.54) is 18.4 Å². The van der Waals surface area contributed by atoms with Crippen LogP contribution in [0.2, 0.25) is 0 Å². The van der Waals surface area contributed by atoms with Crippen LogP contribution in [0, 0.1) is 6.92 Å². The van der Waals surface area contributed by atoms with E-state index in [1.54, 1.807) is 0 Å². The summed E-state index contributed by atoms with van der Waals surface area (Å²) in [4.78, 5) is 21.4. The number of pyridine rings is 1. The molecule has 132 valence electrons. The number of hydrogen-bond acceptors (Lipinski definition) is 4. The van der Waals surface area contributed by atoms with Gasteiger partial charge in [0, 0.05) is 25.8 Å². The molecule has 0 aliphatic carbocycles. The third kappa shape index (κ3) is 3.65. The SMILES string of the molecule is Cc1cc([C@@H]2CCCN2C(=O)OC(C)(C)C)cnc1N1CCCC1. The molecule has 0 N–H and O–H groups in total. The largest absolute Gasteiger partial charge is 0.444 e. The Kier molecular flexibility index (Phi) is 4.70. The maximum absolute atomic E-state index is 12.5. The van der Waals surface area contributed by atoms with Crippen molar-refractivity contribution in [3.63, 3.8) is 0 Å². The molecule has 1 atom stereocenters. The summed E-state index contributed by atoms with van der Waals surface area (Å²) in [6, 6.07) is 2.28. The lowest BCUT2D eigenvalue weighted by Crippen LogP contribution is -2.36. The molecular formula is C19H29N3O2. The Balaban J connectivity index is 1.77. The van der Waals surface area contributed by atoms with E-state index in [4.69, 9.17) is 9.72 Å². The third-order valence-electron chi connectivity index (χ3n) is 4.74. The van der Waals surface area contributed by atoms with Crippen LogP contribution in [0.4, 0.5) is 10.6 Å². The summed E-state index contributed by atoms with van der Waals surface area (Å²) in [7, 11) is 0. The highest BCUT2D eigenvalue weighted by molar-refractivity contribution is 5.69. The Bertz CT molecular complexity index is 603. The first-order chi connectivity index (χ1) is 11.3. The van der Waals surface area contributed by atoms with Crippen molar-refractivity contribution < 1.29 is 9.53 Å². The molecule has 2 saturated heterocycles. The van der Waals surface area contributed by atoms with Gasteiger partial charge in [0.15, 0.2) is 0 Å². The second kappa shape index (κ2) is 6.61. The Hall–Kier alpha value is -1.78. The molecule has 3 rings (SSSR count). The van der Waals surface area contributed by atoms with Gasteiger partial charge in [-0.1, -0.05) is 0 Å². The van der Waals surface area contributed by atoms with E-state index >= 15 is 0 Å². The molecule has 2 aliphatic heterocycles. The van der Waals surface area contributed by atoms with Gasteiger partial charge in [-0.25, -0.2) is 9.78 Å². The van der Waals surface area contributed by atoms with Gasteiger partial charge in [-0.15, -0.1) is 0 Å². The van der Waals surface area contributed by atoms with Gasteiger partial charge in [0.1, 0.15) is 11.4 Å². The lowest BCUT2D eigenvalue weighted by molar-refractivity contribution is 0.0224. The molecule has 2 fully saturated rings. The van der Waals surface area contributed by atoms with Crippen molar-refractivity contribution in [3.05, 3.63) is 23.4 Å². The molecule has 0 bridgehead atoms. The molecule has 0 radical (unpaired) electrons. The molecular weight excluding hydrogens is 302 g/mol. The fraction of sp³-hybridized carbons (Fsp3) is 0.684.